The van der Waals surface area contributed by atoms with Crippen molar-refractivity contribution in [3.8, 4) is 0 Å². The molecule has 0 radical (unpaired) electrons. The monoisotopic (exact) mass is 358 g/mol. The van der Waals surface area contributed by atoms with E-state index in [4.69, 9.17) is 0 Å². The first-order valence-corrected chi connectivity index (χ1v) is 7.87. The molecule has 0 aromatic heterocycles. The number of hydrogen-bond donors (Lipinski definition) is 1. The highest BCUT2D eigenvalue weighted by Gasteiger charge is 2.20. The van der Waals surface area contributed by atoms with Crippen molar-refractivity contribution in [2.24, 2.45) is 5.41 Å². The van der Waals surface area contributed by atoms with Crippen LogP contribution in [0.5, 0.6) is 0 Å². The van der Waals surface area contributed by atoms with Crippen LogP contribution >= 0.6 is 22.6 Å². The van der Waals surface area contributed by atoms with E-state index in [0.717, 1.165) is 10.8 Å². The first-order chi connectivity index (χ1) is 8.35. The molecular weight excluding hydrogens is 335 g/mol. The van der Waals surface area contributed by atoms with Crippen LogP contribution in [0.1, 0.15) is 32.8 Å². The van der Waals surface area contributed by atoms with Crippen molar-refractivity contribution >= 4 is 22.6 Å². The van der Waals surface area contributed by atoms with Crippen molar-refractivity contribution in [2.45, 2.75) is 39.2 Å². The van der Waals surface area contributed by atoms with Gasteiger partial charge in [-0.25, -0.2) is 0 Å². The molecule has 0 heterocycles. The summed E-state index contributed by atoms with van der Waals surface area (Å²) in [6, 6.07) is 10.6. The van der Waals surface area contributed by atoms with Gasteiger partial charge in [-0.15, -0.1) is 0 Å². The van der Waals surface area contributed by atoms with E-state index in [9.17, 15) is 5.11 Å². The lowest BCUT2D eigenvalue weighted by Crippen LogP contribution is -2.20. The Kier molecular flexibility index (Phi) is 5.86. The average Bonchev–Trinajstić information content (AvgIpc) is 2.28. The molecule has 1 rings (SSSR count). The van der Waals surface area contributed by atoms with Crippen molar-refractivity contribution in [1.29, 1.82) is 0 Å². The zero-order chi connectivity index (χ0) is 13.6. The van der Waals surface area contributed by atoms with Crippen LogP contribution < -0.4 is 0 Å². The fourth-order valence-corrected chi connectivity index (χ4v) is 2.37. The number of halogens is 1. The van der Waals surface area contributed by atoms with Gasteiger partial charge in [0.2, 0.25) is 0 Å². The minimum atomic E-state index is -0.616. The van der Waals surface area contributed by atoms with Gasteiger partial charge in [0.15, 0.2) is 0 Å². The molecule has 0 saturated carbocycles. The minimum Gasteiger partial charge on any atom is -0.390 e. The third kappa shape index (κ3) is 6.01. The van der Waals surface area contributed by atoms with Gasteiger partial charge in [0, 0.05) is 4.43 Å². The zero-order valence-electron chi connectivity index (χ0n) is 11.5. The molecule has 0 bridgehead atoms. The minimum absolute atomic E-state index is 0.160. The Labute approximate surface area is 124 Å². The van der Waals surface area contributed by atoms with Gasteiger partial charge in [0.25, 0.3) is 0 Å². The molecule has 0 spiro atoms. The van der Waals surface area contributed by atoms with Crippen molar-refractivity contribution < 1.29 is 5.11 Å². The van der Waals surface area contributed by atoms with Gasteiger partial charge < -0.3 is 5.11 Å². The third-order valence-electron chi connectivity index (χ3n) is 2.89. The summed E-state index contributed by atoms with van der Waals surface area (Å²) in [6.45, 7) is 5.96. The summed E-state index contributed by atoms with van der Waals surface area (Å²) in [5, 5.41) is 9.72. The topological polar surface area (TPSA) is 20.2 Å². The van der Waals surface area contributed by atoms with Crippen LogP contribution in [-0.4, -0.2) is 15.1 Å². The fourth-order valence-electron chi connectivity index (χ4n) is 1.84. The Hall–Kier alpha value is -0.350. The molecule has 0 aliphatic carbocycles. The van der Waals surface area contributed by atoms with Gasteiger partial charge >= 0.3 is 0 Å². The molecular formula is C16H23IO. The van der Waals surface area contributed by atoms with Crippen LogP contribution in [0.15, 0.2) is 42.5 Å². The Balaban J connectivity index is 2.68. The van der Waals surface area contributed by atoms with Crippen molar-refractivity contribution in [3.63, 3.8) is 0 Å². The van der Waals surface area contributed by atoms with E-state index in [1.54, 1.807) is 0 Å². The summed E-state index contributed by atoms with van der Waals surface area (Å²) in [6.07, 6.45) is 6.11. The van der Waals surface area contributed by atoms with E-state index in [-0.39, 0.29) is 5.41 Å². The van der Waals surface area contributed by atoms with E-state index in [1.807, 2.05) is 13.8 Å². The van der Waals surface area contributed by atoms with Crippen molar-refractivity contribution in [2.75, 3.05) is 4.43 Å². The molecule has 1 atom stereocenters. The number of aliphatic hydroxyl groups is 1. The molecule has 0 aliphatic heterocycles. The standard InChI is InChI=1S/C16H23IO/c1-15(2,18)10-7-11-16(3,13-17)12-14-8-5-4-6-9-14/h4-9,11,18H,10,12-13H2,1-3H3/b11-7+/t16-/m0/s1. The Morgan fingerprint density at radius 1 is 1.17 bits per heavy atom. The van der Waals surface area contributed by atoms with Crippen LogP contribution in [0.4, 0.5) is 0 Å². The van der Waals surface area contributed by atoms with Gasteiger partial charge in [0.1, 0.15) is 0 Å². The summed E-state index contributed by atoms with van der Waals surface area (Å²) >= 11 is 2.44. The molecule has 1 aromatic carbocycles. The lowest BCUT2D eigenvalue weighted by atomic mass is 9.84. The largest absolute Gasteiger partial charge is 0.390 e. The quantitative estimate of drug-likeness (QED) is 0.454. The first-order valence-electron chi connectivity index (χ1n) is 6.35. The summed E-state index contributed by atoms with van der Waals surface area (Å²) in [7, 11) is 0. The number of hydrogen-bond acceptors (Lipinski definition) is 1. The fraction of sp³-hybridized carbons (Fsp3) is 0.500. The molecule has 18 heavy (non-hydrogen) atoms. The molecule has 0 aliphatic rings. The number of benzene rings is 1. The second-order valence-electron chi connectivity index (χ2n) is 5.87. The number of rotatable bonds is 6. The van der Waals surface area contributed by atoms with Gasteiger partial charge in [-0.1, -0.05) is 72.0 Å². The normalized spacial score (nSPS) is 15.8. The van der Waals surface area contributed by atoms with Gasteiger partial charge in [0.05, 0.1) is 5.60 Å². The Morgan fingerprint density at radius 3 is 2.28 bits per heavy atom. The summed E-state index contributed by atoms with van der Waals surface area (Å²) in [4.78, 5) is 0. The Bertz CT molecular complexity index is 378. The summed E-state index contributed by atoms with van der Waals surface area (Å²) in [5.41, 5.74) is 0.910. The van der Waals surface area contributed by atoms with Crippen LogP contribution in [0.2, 0.25) is 0 Å². The van der Waals surface area contributed by atoms with Crippen LogP contribution in [0.25, 0.3) is 0 Å². The maximum absolute atomic E-state index is 9.72. The van der Waals surface area contributed by atoms with Crippen LogP contribution in [-0.2, 0) is 6.42 Å². The van der Waals surface area contributed by atoms with Crippen molar-refractivity contribution in [1.82, 2.24) is 0 Å². The van der Waals surface area contributed by atoms with E-state index in [2.05, 4.69) is 72.0 Å². The average molecular weight is 358 g/mol. The van der Waals surface area contributed by atoms with Crippen molar-refractivity contribution in [3.05, 3.63) is 48.0 Å². The highest BCUT2D eigenvalue weighted by atomic mass is 127. The summed E-state index contributed by atoms with van der Waals surface area (Å²) < 4.78 is 1.07. The number of allylic oxidation sites excluding steroid dienone is 1. The van der Waals surface area contributed by atoms with Gasteiger partial charge in [-0.2, -0.15) is 0 Å². The Morgan fingerprint density at radius 2 is 1.78 bits per heavy atom. The third-order valence-corrected chi connectivity index (χ3v) is 4.64. The summed E-state index contributed by atoms with van der Waals surface area (Å²) in [5.74, 6) is 0. The predicted octanol–water partition coefficient (Wildman–Crippen LogP) is 4.39. The molecule has 2 heteroatoms. The highest BCUT2D eigenvalue weighted by Crippen LogP contribution is 2.27. The molecule has 1 aromatic rings. The molecule has 1 N–H and O–H groups in total. The first kappa shape index (κ1) is 15.7. The molecule has 0 unspecified atom stereocenters. The molecule has 0 amide bonds. The second-order valence-corrected chi connectivity index (χ2v) is 6.63. The van der Waals surface area contributed by atoms with Gasteiger partial charge in [-0.3, -0.25) is 0 Å². The predicted molar refractivity (Wildman–Crippen MR) is 87.2 cm³/mol. The molecule has 0 saturated heterocycles. The SMILES string of the molecule is CC(C)(O)C/C=C/[C@](C)(CI)Cc1ccccc1. The van der Waals surface area contributed by atoms with Crippen LogP contribution in [0, 0.1) is 5.41 Å². The maximum atomic E-state index is 9.72. The zero-order valence-corrected chi connectivity index (χ0v) is 13.6. The lowest BCUT2D eigenvalue weighted by Gasteiger charge is -2.24. The van der Waals surface area contributed by atoms with E-state index >= 15 is 0 Å². The number of alkyl halides is 1. The van der Waals surface area contributed by atoms with E-state index < -0.39 is 5.60 Å². The molecule has 1 nitrogen and oxygen atoms in total. The smallest absolute Gasteiger partial charge is 0.0626 e. The second kappa shape index (κ2) is 6.71. The maximum Gasteiger partial charge on any atom is 0.0626 e. The lowest BCUT2D eigenvalue weighted by molar-refractivity contribution is 0.0837. The van der Waals surface area contributed by atoms with Crippen LogP contribution in [0.3, 0.4) is 0 Å². The molecule has 100 valence electrons. The highest BCUT2D eigenvalue weighted by molar-refractivity contribution is 14.1. The molecule has 0 fully saturated rings. The van der Waals surface area contributed by atoms with E-state index in [0.29, 0.717) is 6.42 Å². The van der Waals surface area contributed by atoms with Gasteiger partial charge in [-0.05, 0) is 37.7 Å². The van der Waals surface area contributed by atoms with E-state index in [1.165, 1.54) is 5.56 Å².